The Morgan fingerprint density at radius 3 is 2.81 bits per heavy atom. The zero-order chi connectivity index (χ0) is 25.2. The van der Waals surface area contributed by atoms with Crippen molar-refractivity contribution in [3.8, 4) is 11.8 Å². The Bertz CT molecular complexity index is 1370. The van der Waals surface area contributed by atoms with Crippen molar-refractivity contribution in [3.63, 3.8) is 0 Å². The van der Waals surface area contributed by atoms with Gasteiger partial charge in [-0.15, -0.1) is 0 Å². The largest absolute Gasteiger partial charge is 0.496 e. The van der Waals surface area contributed by atoms with Gasteiger partial charge < -0.3 is 19.9 Å². The molecule has 0 saturated heterocycles. The third-order valence-electron chi connectivity index (χ3n) is 7.29. The first-order valence-corrected chi connectivity index (χ1v) is 12.3. The summed E-state index contributed by atoms with van der Waals surface area (Å²) in [6.45, 7) is 0.360. The highest BCUT2D eigenvalue weighted by atomic mass is 16.5. The minimum atomic E-state index is -0.883. The molecule has 184 valence electrons. The van der Waals surface area contributed by atoms with E-state index in [1.54, 1.807) is 18.1 Å². The van der Waals surface area contributed by atoms with Gasteiger partial charge in [0, 0.05) is 29.8 Å². The average Bonchev–Trinajstić information content (AvgIpc) is 3.52. The van der Waals surface area contributed by atoms with Crippen LogP contribution in [0.2, 0.25) is 0 Å². The molecule has 2 aromatic carbocycles. The number of Topliss-reactive ketones (excluding diaryl/α,β-unsaturated/α-hetero) is 1. The maximum atomic E-state index is 13.7. The van der Waals surface area contributed by atoms with Crippen LogP contribution in [0.1, 0.15) is 53.3 Å². The monoisotopic (exact) mass is 484 g/mol. The van der Waals surface area contributed by atoms with Gasteiger partial charge in [0.15, 0.2) is 0 Å². The van der Waals surface area contributed by atoms with Crippen LogP contribution in [-0.4, -0.2) is 47.2 Å². The number of nitrogens with zero attached hydrogens (tertiary/aromatic N) is 2. The van der Waals surface area contributed by atoms with Gasteiger partial charge in [-0.3, -0.25) is 14.4 Å². The number of fused-ring (bicyclic) bond motifs is 2. The molecule has 1 aliphatic carbocycles. The number of methoxy groups -OCH3 is 1. The average molecular weight is 485 g/mol. The fraction of sp³-hybridized carbons (Fsp3) is 0.357. The van der Waals surface area contributed by atoms with Crippen LogP contribution in [-0.2, 0) is 16.0 Å². The van der Waals surface area contributed by atoms with E-state index in [1.807, 2.05) is 42.5 Å². The van der Waals surface area contributed by atoms with E-state index in [-0.39, 0.29) is 17.6 Å². The second-order valence-corrected chi connectivity index (χ2v) is 9.44. The van der Waals surface area contributed by atoms with Crippen LogP contribution in [0.4, 0.5) is 0 Å². The topological polar surface area (TPSA) is 115 Å². The van der Waals surface area contributed by atoms with Crippen molar-refractivity contribution in [1.82, 2.24) is 15.2 Å². The molecule has 1 fully saturated rings. The molecule has 3 unspecified atom stereocenters. The maximum Gasteiger partial charge on any atom is 0.271 e. The van der Waals surface area contributed by atoms with Gasteiger partial charge in [-0.05, 0) is 55.0 Å². The molecule has 2 aliphatic rings. The molecule has 2 N–H and O–H groups in total. The van der Waals surface area contributed by atoms with E-state index >= 15 is 0 Å². The standard InChI is InChI=1S/C28H28N4O4/c1-36-25-11-5-9-22-21(25)15-23(31-22)28(35)32-13-12-17-6-2-3-8-20(17)26(32)27(34)30-19(16-29)14-18-7-4-10-24(18)33/h2-3,5-6,8-9,11,15,18-19,26,31H,4,7,10,12-14H2,1H3,(H,30,34). The number of carbonyl (C=O) groups is 3. The van der Waals surface area contributed by atoms with Gasteiger partial charge in [0.2, 0.25) is 5.91 Å². The first kappa shape index (κ1) is 23.6. The van der Waals surface area contributed by atoms with Gasteiger partial charge >= 0.3 is 0 Å². The fourth-order valence-corrected chi connectivity index (χ4v) is 5.46. The van der Waals surface area contributed by atoms with Gasteiger partial charge in [0.05, 0.1) is 13.2 Å². The number of carbonyl (C=O) groups excluding carboxylic acids is 3. The summed E-state index contributed by atoms with van der Waals surface area (Å²) in [5.74, 6) is -0.116. The molecule has 0 bridgehead atoms. The minimum Gasteiger partial charge on any atom is -0.496 e. The number of H-pyrrole nitrogens is 1. The Balaban J connectivity index is 1.44. The molecule has 8 heteroatoms. The number of hydrogen-bond donors (Lipinski definition) is 2. The lowest BCUT2D eigenvalue weighted by atomic mass is 9.91. The van der Waals surface area contributed by atoms with Gasteiger partial charge in [0.1, 0.15) is 29.3 Å². The lowest BCUT2D eigenvalue weighted by Gasteiger charge is -2.36. The van der Waals surface area contributed by atoms with Crippen molar-refractivity contribution in [2.24, 2.45) is 5.92 Å². The molecule has 1 aliphatic heterocycles. The highest BCUT2D eigenvalue weighted by molar-refractivity contribution is 6.02. The molecule has 2 heterocycles. The van der Waals surface area contributed by atoms with Gasteiger partial charge in [-0.1, -0.05) is 30.3 Å². The van der Waals surface area contributed by atoms with E-state index in [2.05, 4.69) is 16.4 Å². The van der Waals surface area contributed by atoms with Crippen LogP contribution < -0.4 is 10.1 Å². The summed E-state index contributed by atoms with van der Waals surface area (Å²) in [4.78, 5) is 44.2. The normalized spacial score (nSPS) is 20.0. The molecule has 1 saturated carbocycles. The summed E-state index contributed by atoms with van der Waals surface area (Å²) < 4.78 is 5.43. The molecule has 8 nitrogen and oxygen atoms in total. The van der Waals surface area contributed by atoms with Crippen LogP contribution in [0.5, 0.6) is 5.75 Å². The van der Waals surface area contributed by atoms with Crippen LogP contribution in [0.3, 0.4) is 0 Å². The second-order valence-electron chi connectivity index (χ2n) is 9.44. The van der Waals surface area contributed by atoms with Crippen LogP contribution in [0, 0.1) is 17.2 Å². The number of aromatic amines is 1. The third kappa shape index (κ3) is 4.33. The molecule has 3 atom stereocenters. The summed E-state index contributed by atoms with van der Waals surface area (Å²) in [7, 11) is 1.58. The van der Waals surface area contributed by atoms with Crippen molar-refractivity contribution in [2.75, 3.05) is 13.7 Å². The molecular weight excluding hydrogens is 456 g/mol. The molecular formula is C28H28N4O4. The van der Waals surface area contributed by atoms with Gasteiger partial charge in [-0.2, -0.15) is 5.26 Å². The minimum absolute atomic E-state index is 0.151. The maximum absolute atomic E-state index is 13.7. The Kier molecular flexibility index (Phi) is 6.47. The van der Waals surface area contributed by atoms with E-state index < -0.39 is 18.0 Å². The lowest BCUT2D eigenvalue weighted by Crippen LogP contribution is -2.49. The summed E-state index contributed by atoms with van der Waals surface area (Å²) in [5, 5.41) is 13.3. The SMILES string of the molecule is COc1cccc2[nH]c(C(=O)N3CCc4ccccc4C3C(=O)NC(C#N)CC3CCCC3=O)cc12. The first-order valence-electron chi connectivity index (χ1n) is 12.3. The number of rotatable bonds is 6. The molecule has 0 radical (unpaired) electrons. The zero-order valence-electron chi connectivity index (χ0n) is 20.1. The zero-order valence-corrected chi connectivity index (χ0v) is 20.1. The first-order chi connectivity index (χ1) is 17.5. The summed E-state index contributed by atoms with van der Waals surface area (Å²) in [5.41, 5.74) is 2.87. The number of amides is 2. The van der Waals surface area contributed by atoms with E-state index in [0.717, 1.165) is 34.9 Å². The Hall–Kier alpha value is -4.12. The van der Waals surface area contributed by atoms with Crippen molar-refractivity contribution in [2.45, 2.75) is 44.2 Å². The number of nitrogens with one attached hydrogen (secondary N) is 2. The quantitative estimate of drug-likeness (QED) is 0.554. The predicted octanol–water partition coefficient (Wildman–Crippen LogP) is 3.68. The van der Waals surface area contributed by atoms with Crippen molar-refractivity contribution in [3.05, 3.63) is 65.4 Å². The van der Waals surface area contributed by atoms with Crippen molar-refractivity contribution >= 4 is 28.5 Å². The lowest BCUT2D eigenvalue weighted by molar-refractivity contribution is -0.127. The number of aromatic nitrogens is 1. The van der Waals surface area contributed by atoms with E-state index in [9.17, 15) is 19.6 Å². The fourth-order valence-electron chi connectivity index (χ4n) is 5.46. The van der Waals surface area contributed by atoms with Gasteiger partial charge in [-0.25, -0.2) is 0 Å². The Labute approximate surface area is 209 Å². The number of benzene rings is 2. The van der Waals surface area contributed by atoms with Crippen molar-refractivity contribution in [1.29, 1.82) is 5.26 Å². The highest BCUT2D eigenvalue weighted by Crippen LogP contribution is 2.33. The Morgan fingerprint density at radius 2 is 2.06 bits per heavy atom. The molecule has 0 spiro atoms. The van der Waals surface area contributed by atoms with Crippen LogP contribution in [0.25, 0.3) is 10.9 Å². The number of ether oxygens (including phenoxy) is 1. The summed E-state index contributed by atoms with van der Waals surface area (Å²) >= 11 is 0. The van der Waals surface area contributed by atoms with E-state index in [1.165, 1.54) is 0 Å². The van der Waals surface area contributed by atoms with Crippen molar-refractivity contribution < 1.29 is 19.1 Å². The smallest absolute Gasteiger partial charge is 0.271 e. The Morgan fingerprint density at radius 1 is 1.22 bits per heavy atom. The third-order valence-corrected chi connectivity index (χ3v) is 7.29. The molecule has 1 aromatic heterocycles. The van der Waals surface area contributed by atoms with Crippen LogP contribution in [0.15, 0.2) is 48.5 Å². The van der Waals surface area contributed by atoms with Gasteiger partial charge in [0.25, 0.3) is 5.91 Å². The second kappa shape index (κ2) is 9.86. The number of hydrogen-bond acceptors (Lipinski definition) is 5. The number of nitriles is 1. The van der Waals surface area contributed by atoms with Crippen LogP contribution >= 0.6 is 0 Å². The molecule has 36 heavy (non-hydrogen) atoms. The predicted molar refractivity (Wildman–Crippen MR) is 133 cm³/mol. The van der Waals surface area contributed by atoms with E-state index in [4.69, 9.17) is 4.74 Å². The number of ketones is 1. The summed E-state index contributed by atoms with van der Waals surface area (Å²) in [6, 6.07) is 15.3. The summed E-state index contributed by atoms with van der Waals surface area (Å²) in [6.07, 6.45) is 3.01. The van der Waals surface area contributed by atoms with E-state index in [0.29, 0.717) is 37.3 Å². The molecule has 5 rings (SSSR count). The molecule has 2 amide bonds. The highest BCUT2D eigenvalue weighted by Gasteiger charge is 2.38. The molecule has 3 aromatic rings.